The van der Waals surface area contributed by atoms with E-state index in [-0.39, 0.29) is 0 Å². The van der Waals surface area contributed by atoms with E-state index in [1.807, 2.05) is 23.6 Å². The van der Waals surface area contributed by atoms with Crippen LogP contribution < -0.4 is 5.73 Å². The van der Waals surface area contributed by atoms with Gasteiger partial charge in [-0.05, 0) is 17.2 Å². The molecule has 72 valence electrons. The van der Waals surface area contributed by atoms with Gasteiger partial charge < -0.3 is 5.73 Å². The van der Waals surface area contributed by atoms with E-state index in [2.05, 4.69) is 12.1 Å². The zero-order valence-corrected chi connectivity index (χ0v) is 9.11. The van der Waals surface area contributed by atoms with Crippen LogP contribution in [0.4, 0.5) is 0 Å². The van der Waals surface area contributed by atoms with Crippen molar-refractivity contribution in [2.24, 2.45) is 5.73 Å². The summed E-state index contributed by atoms with van der Waals surface area (Å²) in [5, 5.41) is 2.74. The summed E-state index contributed by atoms with van der Waals surface area (Å²) >= 11 is 7.51. The van der Waals surface area contributed by atoms with Crippen LogP contribution in [0.15, 0.2) is 35.7 Å². The lowest BCUT2D eigenvalue weighted by molar-refractivity contribution is 1.07. The first-order chi connectivity index (χ1) is 6.79. The molecule has 0 aliphatic carbocycles. The molecular weight excluding hydrogens is 214 g/mol. The molecule has 0 fully saturated rings. The van der Waals surface area contributed by atoms with Gasteiger partial charge in [0.25, 0.3) is 0 Å². The molecule has 0 spiro atoms. The molecule has 0 aliphatic rings. The number of thiophene rings is 1. The lowest BCUT2D eigenvalue weighted by Crippen LogP contribution is -1.94. The summed E-state index contributed by atoms with van der Waals surface area (Å²) in [5.74, 6) is 0. The highest BCUT2D eigenvalue weighted by molar-refractivity contribution is 7.14. The van der Waals surface area contributed by atoms with E-state index in [0.29, 0.717) is 6.54 Å². The highest BCUT2D eigenvalue weighted by Crippen LogP contribution is 2.29. The molecule has 2 N–H and O–H groups in total. The van der Waals surface area contributed by atoms with Crippen LogP contribution in [-0.2, 0) is 6.54 Å². The van der Waals surface area contributed by atoms with Gasteiger partial charge in [0.15, 0.2) is 0 Å². The van der Waals surface area contributed by atoms with Crippen LogP contribution in [0.1, 0.15) is 5.56 Å². The van der Waals surface area contributed by atoms with Gasteiger partial charge in [-0.15, -0.1) is 11.3 Å². The molecule has 1 aromatic heterocycles. The molecule has 0 aliphatic heterocycles. The fraction of sp³-hybridized carbons (Fsp3) is 0.0909. The van der Waals surface area contributed by atoms with Crippen LogP contribution >= 0.6 is 22.9 Å². The number of hydrogen-bond acceptors (Lipinski definition) is 2. The summed E-state index contributed by atoms with van der Waals surface area (Å²) < 4.78 is 0. The zero-order valence-electron chi connectivity index (χ0n) is 7.53. The molecule has 0 atom stereocenters. The monoisotopic (exact) mass is 223 g/mol. The summed E-state index contributed by atoms with van der Waals surface area (Å²) in [6.45, 7) is 0.589. The van der Waals surface area contributed by atoms with E-state index >= 15 is 0 Å². The third-order valence-corrected chi connectivity index (χ3v) is 3.37. The predicted octanol–water partition coefficient (Wildman–Crippen LogP) is 3.53. The number of nitrogens with two attached hydrogens (primary N) is 1. The van der Waals surface area contributed by atoms with Crippen molar-refractivity contribution in [3.63, 3.8) is 0 Å². The van der Waals surface area contributed by atoms with E-state index < -0.39 is 0 Å². The van der Waals surface area contributed by atoms with Crippen molar-refractivity contribution in [1.29, 1.82) is 0 Å². The number of hydrogen-bond donors (Lipinski definition) is 1. The summed E-state index contributed by atoms with van der Waals surface area (Å²) in [4.78, 5) is 1.19. The molecule has 0 saturated heterocycles. The van der Waals surface area contributed by atoms with Crippen molar-refractivity contribution < 1.29 is 0 Å². The van der Waals surface area contributed by atoms with Gasteiger partial charge in [0, 0.05) is 16.8 Å². The SMILES string of the molecule is NCc1ccc(-c2cc(Cl)cs2)cc1. The number of halogens is 1. The van der Waals surface area contributed by atoms with Crippen molar-refractivity contribution in [2.75, 3.05) is 0 Å². The highest BCUT2D eigenvalue weighted by Gasteiger charge is 2.00. The first kappa shape index (κ1) is 9.71. The fourth-order valence-corrected chi connectivity index (χ4v) is 2.35. The van der Waals surface area contributed by atoms with Gasteiger partial charge in [0.2, 0.25) is 0 Å². The minimum atomic E-state index is 0.589. The Morgan fingerprint density at radius 3 is 2.43 bits per heavy atom. The average Bonchev–Trinajstić information content (AvgIpc) is 2.65. The van der Waals surface area contributed by atoms with Gasteiger partial charge in [0.1, 0.15) is 0 Å². The Bertz CT molecular complexity index is 419. The quantitative estimate of drug-likeness (QED) is 0.828. The largest absolute Gasteiger partial charge is 0.326 e. The normalized spacial score (nSPS) is 10.4. The van der Waals surface area contributed by atoms with Gasteiger partial charge in [-0.2, -0.15) is 0 Å². The molecule has 0 saturated carbocycles. The van der Waals surface area contributed by atoms with E-state index in [0.717, 1.165) is 10.6 Å². The van der Waals surface area contributed by atoms with E-state index in [9.17, 15) is 0 Å². The molecule has 0 bridgehead atoms. The minimum Gasteiger partial charge on any atom is -0.326 e. The standard InChI is InChI=1S/C11H10ClNS/c12-10-5-11(14-7-10)9-3-1-8(6-13)2-4-9/h1-5,7H,6,13H2. The lowest BCUT2D eigenvalue weighted by atomic mass is 10.1. The molecule has 1 nitrogen and oxygen atoms in total. The Hall–Kier alpha value is -0.830. The van der Waals surface area contributed by atoms with Crippen LogP contribution in [-0.4, -0.2) is 0 Å². The Labute approximate surface area is 92.1 Å². The highest BCUT2D eigenvalue weighted by atomic mass is 35.5. The summed E-state index contributed by atoms with van der Waals surface area (Å²) in [6.07, 6.45) is 0. The van der Waals surface area contributed by atoms with Crippen molar-refractivity contribution in [3.05, 3.63) is 46.3 Å². The van der Waals surface area contributed by atoms with Crippen molar-refractivity contribution in [2.45, 2.75) is 6.54 Å². The van der Waals surface area contributed by atoms with Crippen molar-refractivity contribution in [1.82, 2.24) is 0 Å². The fourth-order valence-electron chi connectivity index (χ4n) is 1.27. The molecule has 1 aromatic carbocycles. The van der Waals surface area contributed by atoms with Crippen LogP contribution in [0, 0.1) is 0 Å². The Kier molecular flexibility index (Phi) is 2.87. The third kappa shape index (κ3) is 1.98. The maximum atomic E-state index is 5.86. The number of rotatable bonds is 2. The summed E-state index contributed by atoms with van der Waals surface area (Å²) in [6, 6.07) is 10.2. The average molecular weight is 224 g/mol. The second-order valence-corrected chi connectivity index (χ2v) is 4.38. The Balaban J connectivity index is 2.33. The molecule has 14 heavy (non-hydrogen) atoms. The molecule has 0 unspecified atom stereocenters. The van der Waals surface area contributed by atoms with Gasteiger partial charge in [-0.1, -0.05) is 35.9 Å². The lowest BCUT2D eigenvalue weighted by Gasteiger charge is -1.99. The smallest absolute Gasteiger partial charge is 0.0519 e. The molecule has 0 radical (unpaired) electrons. The molecular formula is C11H10ClNS. The maximum Gasteiger partial charge on any atom is 0.0519 e. The second-order valence-electron chi connectivity index (χ2n) is 3.03. The first-order valence-electron chi connectivity index (χ1n) is 4.33. The van der Waals surface area contributed by atoms with Gasteiger partial charge in [-0.25, -0.2) is 0 Å². The maximum absolute atomic E-state index is 5.86. The Morgan fingerprint density at radius 2 is 1.93 bits per heavy atom. The van der Waals surface area contributed by atoms with E-state index in [1.165, 1.54) is 10.4 Å². The molecule has 3 heteroatoms. The number of benzene rings is 1. The van der Waals surface area contributed by atoms with Crippen LogP contribution in [0.25, 0.3) is 10.4 Å². The predicted molar refractivity (Wildman–Crippen MR) is 62.7 cm³/mol. The second kappa shape index (κ2) is 4.13. The van der Waals surface area contributed by atoms with Crippen molar-refractivity contribution >= 4 is 22.9 Å². The minimum absolute atomic E-state index is 0.589. The van der Waals surface area contributed by atoms with E-state index in [1.54, 1.807) is 11.3 Å². The molecule has 2 aromatic rings. The molecule has 1 heterocycles. The zero-order chi connectivity index (χ0) is 9.97. The van der Waals surface area contributed by atoms with Crippen LogP contribution in [0.3, 0.4) is 0 Å². The van der Waals surface area contributed by atoms with Crippen LogP contribution in [0.2, 0.25) is 5.02 Å². The van der Waals surface area contributed by atoms with Crippen molar-refractivity contribution in [3.8, 4) is 10.4 Å². The van der Waals surface area contributed by atoms with Gasteiger partial charge >= 0.3 is 0 Å². The van der Waals surface area contributed by atoms with E-state index in [4.69, 9.17) is 17.3 Å². The Morgan fingerprint density at radius 1 is 1.21 bits per heavy atom. The van der Waals surface area contributed by atoms with Crippen LogP contribution in [0.5, 0.6) is 0 Å². The topological polar surface area (TPSA) is 26.0 Å². The molecule has 2 rings (SSSR count). The summed E-state index contributed by atoms with van der Waals surface area (Å²) in [5.41, 5.74) is 7.87. The third-order valence-electron chi connectivity index (χ3n) is 2.04. The van der Waals surface area contributed by atoms with Gasteiger partial charge in [-0.3, -0.25) is 0 Å². The summed E-state index contributed by atoms with van der Waals surface area (Å²) in [7, 11) is 0. The molecule has 0 amide bonds. The van der Waals surface area contributed by atoms with Gasteiger partial charge in [0.05, 0.1) is 5.02 Å². The first-order valence-corrected chi connectivity index (χ1v) is 5.59.